The number of nitro groups is 1. The second kappa shape index (κ2) is 6.16. The summed E-state index contributed by atoms with van der Waals surface area (Å²) < 4.78 is 5.02. The molecule has 0 fully saturated rings. The Hall–Kier alpha value is -3.40. The number of carbonyl (C=O) groups is 1. The summed E-state index contributed by atoms with van der Waals surface area (Å²) in [5, 5.41) is 22.1. The van der Waals surface area contributed by atoms with Crippen molar-refractivity contribution in [3.8, 4) is 6.07 Å². The first-order valence-corrected chi connectivity index (χ1v) is 5.81. The van der Waals surface area contributed by atoms with Gasteiger partial charge in [0.25, 0.3) is 11.6 Å². The lowest BCUT2D eigenvalue weighted by Crippen LogP contribution is -2.13. The van der Waals surface area contributed by atoms with Crippen molar-refractivity contribution >= 4 is 23.4 Å². The number of carbonyl (C=O) groups excluding carboxylic acids is 1. The molecule has 104 valence electrons. The molecule has 1 aromatic heterocycles. The van der Waals surface area contributed by atoms with Gasteiger partial charge in [0.05, 0.1) is 11.2 Å². The van der Waals surface area contributed by atoms with E-state index >= 15 is 0 Å². The highest BCUT2D eigenvalue weighted by Gasteiger charge is 2.12. The van der Waals surface area contributed by atoms with E-state index in [-0.39, 0.29) is 16.9 Å². The van der Waals surface area contributed by atoms with Gasteiger partial charge in [-0.1, -0.05) is 6.07 Å². The van der Waals surface area contributed by atoms with E-state index in [1.807, 2.05) is 0 Å². The third-order valence-electron chi connectivity index (χ3n) is 2.51. The monoisotopic (exact) mass is 283 g/mol. The van der Waals surface area contributed by atoms with E-state index in [9.17, 15) is 14.9 Å². The van der Waals surface area contributed by atoms with Gasteiger partial charge in [0.1, 0.15) is 17.4 Å². The Bertz CT molecular complexity index is 742. The Labute approximate surface area is 119 Å². The molecule has 7 nitrogen and oxygen atoms in total. The predicted octanol–water partition coefficient (Wildman–Crippen LogP) is 2.73. The molecule has 0 saturated carbocycles. The fraction of sp³-hybridized carbons (Fsp3) is 0. The first-order valence-electron chi connectivity index (χ1n) is 5.81. The summed E-state index contributed by atoms with van der Waals surface area (Å²) in [7, 11) is 0. The van der Waals surface area contributed by atoms with Crippen molar-refractivity contribution in [3.05, 3.63) is 64.1 Å². The molecule has 0 spiro atoms. The fourth-order valence-corrected chi connectivity index (χ4v) is 1.56. The number of anilines is 1. The zero-order chi connectivity index (χ0) is 15.2. The number of nitrogens with zero attached hydrogens (tertiary/aromatic N) is 2. The third kappa shape index (κ3) is 3.54. The van der Waals surface area contributed by atoms with Crippen LogP contribution in [-0.4, -0.2) is 10.8 Å². The van der Waals surface area contributed by atoms with Crippen LogP contribution in [0, 0.1) is 21.4 Å². The van der Waals surface area contributed by atoms with Crippen molar-refractivity contribution in [3.63, 3.8) is 0 Å². The molecule has 0 radical (unpaired) electrons. The number of hydrogen-bond acceptors (Lipinski definition) is 5. The smallest absolute Gasteiger partial charge is 0.271 e. The molecular weight excluding hydrogens is 274 g/mol. The van der Waals surface area contributed by atoms with Gasteiger partial charge in [-0.05, 0) is 18.2 Å². The number of nitrogens with one attached hydrogen (secondary N) is 1. The van der Waals surface area contributed by atoms with Gasteiger partial charge in [0, 0.05) is 23.9 Å². The molecule has 1 heterocycles. The van der Waals surface area contributed by atoms with Crippen LogP contribution in [0.15, 0.2) is 52.7 Å². The van der Waals surface area contributed by atoms with E-state index in [0.717, 1.165) is 0 Å². The highest BCUT2D eigenvalue weighted by Crippen LogP contribution is 2.18. The summed E-state index contributed by atoms with van der Waals surface area (Å²) in [5.74, 6) is -0.310. The molecule has 0 atom stereocenters. The van der Waals surface area contributed by atoms with Gasteiger partial charge in [0.2, 0.25) is 0 Å². The standard InChI is InChI=1S/C14H9N3O4/c15-9-10(7-13-5-2-6-21-13)14(18)16-11-3-1-4-12(8-11)17(19)20/h1-8H,(H,16,18). The normalized spacial score (nSPS) is 10.7. The molecule has 2 aromatic rings. The Morgan fingerprint density at radius 2 is 2.19 bits per heavy atom. The van der Waals surface area contributed by atoms with E-state index < -0.39 is 10.8 Å². The molecule has 0 saturated heterocycles. The van der Waals surface area contributed by atoms with Crippen LogP contribution >= 0.6 is 0 Å². The maximum absolute atomic E-state index is 11.9. The average Bonchev–Trinajstić information content (AvgIpc) is 2.97. The van der Waals surface area contributed by atoms with Crippen LogP contribution in [-0.2, 0) is 4.79 Å². The van der Waals surface area contributed by atoms with Crippen molar-refractivity contribution < 1.29 is 14.1 Å². The van der Waals surface area contributed by atoms with Crippen LogP contribution in [0.2, 0.25) is 0 Å². The lowest BCUT2D eigenvalue weighted by Gasteiger charge is -2.03. The minimum atomic E-state index is -0.672. The first kappa shape index (κ1) is 14.0. The number of rotatable bonds is 4. The molecule has 1 aromatic carbocycles. The topological polar surface area (TPSA) is 109 Å². The van der Waals surface area contributed by atoms with E-state index in [2.05, 4.69) is 5.32 Å². The highest BCUT2D eigenvalue weighted by atomic mass is 16.6. The first-order chi connectivity index (χ1) is 10.1. The van der Waals surface area contributed by atoms with Crippen molar-refractivity contribution in [1.82, 2.24) is 0 Å². The summed E-state index contributed by atoms with van der Waals surface area (Å²) in [5.41, 5.74) is -0.0902. The van der Waals surface area contributed by atoms with Gasteiger partial charge in [-0.15, -0.1) is 0 Å². The minimum Gasteiger partial charge on any atom is -0.465 e. The predicted molar refractivity (Wildman–Crippen MR) is 74.0 cm³/mol. The van der Waals surface area contributed by atoms with Crippen molar-refractivity contribution in [1.29, 1.82) is 5.26 Å². The summed E-state index contributed by atoms with van der Waals surface area (Å²) in [4.78, 5) is 22.0. The lowest BCUT2D eigenvalue weighted by atomic mass is 10.2. The second-order valence-electron chi connectivity index (χ2n) is 3.95. The lowest BCUT2D eigenvalue weighted by molar-refractivity contribution is -0.384. The molecule has 0 aliphatic carbocycles. The van der Waals surface area contributed by atoms with Crippen molar-refractivity contribution in [2.45, 2.75) is 0 Å². The van der Waals surface area contributed by atoms with Gasteiger partial charge in [0.15, 0.2) is 0 Å². The van der Waals surface area contributed by atoms with Crippen LogP contribution in [0.5, 0.6) is 0 Å². The third-order valence-corrected chi connectivity index (χ3v) is 2.51. The molecule has 1 amide bonds. The molecule has 21 heavy (non-hydrogen) atoms. The molecule has 1 N–H and O–H groups in total. The summed E-state index contributed by atoms with van der Waals surface area (Å²) in [6, 6.07) is 10.4. The van der Waals surface area contributed by atoms with Crippen LogP contribution in [0.1, 0.15) is 5.76 Å². The molecule has 0 bridgehead atoms. The van der Waals surface area contributed by atoms with E-state index in [0.29, 0.717) is 5.76 Å². The van der Waals surface area contributed by atoms with Crippen LogP contribution < -0.4 is 5.32 Å². The zero-order valence-corrected chi connectivity index (χ0v) is 10.6. The highest BCUT2D eigenvalue weighted by molar-refractivity contribution is 6.09. The molecule has 7 heteroatoms. The van der Waals surface area contributed by atoms with Crippen molar-refractivity contribution in [2.75, 3.05) is 5.32 Å². The molecule has 0 aliphatic rings. The molecule has 2 rings (SSSR count). The molecule has 0 unspecified atom stereocenters. The summed E-state index contributed by atoms with van der Waals surface area (Å²) in [6.07, 6.45) is 2.70. The average molecular weight is 283 g/mol. The van der Waals surface area contributed by atoms with E-state index in [1.54, 1.807) is 18.2 Å². The SMILES string of the molecule is N#CC(=Cc1ccco1)C(=O)Nc1cccc([N+](=O)[O-])c1. The number of benzene rings is 1. The van der Waals surface area contributed by atoms with E-state index in [1.165, 1.54) is 36.6 Å². The van der Waals surface area contributed by atoms with Gasteiger partial charge >= 0.3 is 0 Å². The zero-order valence-electron chi connectivity index (χ0n) is 10.6. The minimum absolute atomic E-state index is 0.152. The number of amides is 1. The van der Waals surface area contributed by atoms with Gasteiger partial charge in [-0.25, -0.2) is 0 Å². The number of nitro benzene ring substituents is 1. The Morgan fingerprint density at radius 1 is 1.38 bits per heavy atom. The maximum atomic E-state index is 11.9. The Kier molecular flexibility index (Phi) is 4.11. The number of furan rings is 1. The largest absolute Gasteiger partial charge is 0.465 e. The Balaban J connectivity index is 2.19. The number of hydrogen-bond donors (Lipinski definition) is 1. The fourth-order valence-electron chi connectivity index (χ4n) is 1.56. The quantitative estimate of drug-likeness (QED) is 0.401. The second-order valence-corrected chi connectivity index (χ2v) is 3.95. The summed E-state index contributed by atoms with van der Waals surface area (Å²) >= 11 is 0. The van der Waals surface area contributed by atoms with Crippen molar-refractivity contribution in [2.24, 2.45) is 0 Å². The number of nitriles is 1. The van der Waals surface area contributed by atoms with Gasteiger partial charge < -0.3 is 9.73 Å². The van der Waals surface area contributed by atoms with Crippen LogP contribution in [0.25, 0.3) is 6.08 Å². The van der Waals surface area contributed by atoms with Crippen LogP contribution in [0.4, 0.5) is 11.4 Å². The summed E-state index contributed by atoms with van der Waals surface area (Å²) in [6.45, 7) is 0. The van der Waals surface area contributed by atoms with Crippen LogP contribution in [0.3, 0.4) is 0 Å². The van der Waals surface area contributed by atoms with E-state index in [4.69, 9.17) is 9.68 Å². The number of non-ortho nitro benzene ring substituents is 1. The maximum Gasteiger partial charge on any atom is 0.271 e. The van der Waals surface area contributed by atoms with Gasteiger partial charge in [-0.2, -0.15) is 5.26 Å². The molecule has 0 aliphatic heterocycles. The molecular formula is C14H9N3O4. The Morgan fingerprint density at radius 3 is 2.81 bits per heavy atom. The van der Waals surface area contributed by atoms with Gasteiger partial charge in [-0.3, -0.25) is 14.9 Å².